The first kappa shape index (κ1) is 46.4. The Hall–Kier alpha value is -6.00. The van der Waals surface area contributed by atoms with E-state index in [2.05, 4.69) is 10.0 Å². The van der Waals surface area contributed by atoms with Crippen molar-refractivity contribution in [3.05, 3.63) is 106 Å². The smallest absolute Gasteiger partial charge is 0.303 e. The molecular weight excluding hydrogens is 758 g/mol. The molecule has 4 atom stereocenters. The standard InChI is InChI=1S/C41H49N3O14/c1-27(45)55-37(26-54-41(31-10-8-7-9-11-31,32-12-16-34(50-5)17-13-32)33-14-18-35(51-6)19-15-33)39(57-29(3)47)40(58-30(4)48)38(56-28(2)46)36(49)20-22-52-24-25-53-23-21-43-44-42/h7-19,37-40H,20-26H2,1-6H3/t37-,38-,39-,40+/m0/s1. The molecular formula is C41H49N3O14. The molecule has 58 heavy (non-hydrogen) atoms. The summed E-state index contributed by atoms with van der Waals surface area (Å²) in [5.74, 6) is -3.22. The molecule has 0 aliphatic rings. The second-order valence-corrected chi connectivity index (χ2v) is 12.5. The van der Waals surface area contributed by atoms with Crippen LogP contribution in [0.15, 0.2) is 84.0 Å². The maximum absolute atomic E-state index is 13.8. The summed E-state index contributed by atoms with van der Waals surface area (Å²) in [6, 6.07) is 23.4. The molecule has 0 heterocycles. The van der Waals surface area contributed by atoms with Crippen LogP contribution >= 0.6 is 0 Å². The molecule has 312 valence electrons. The molecule has 0 unspecified atom stereocenters. The lowest BCUT2D eigenvalue weighted by Crippen LogP contribution is -2.55. The number of Topliss-reactive ketones (excluding diaryl/α,β-unsaturated/α-hetero) is 1. The molecule has 3 rings (SSSR count). The van der Waals surface area contributed by atoms with Crippen molar-refractivity contribution in [2.75, 3.05) is 53.8 Å². The van der Waals surface area contributed by atoms with Gasteiger partial charge in [0.25, 0.3) is 0 Å². The van der Waals surface area contributed by atoms with Gasteiger partial charge in [-0.2, -0.15) is 0 Å². The van der Waals surface area contributed by atoms with Crippen molar-refractivity contribution in [3.63, 3.8) is 0 Å². The van der Waals surface area contributed by atoms with Gasteiger partial charge in [-0.1, -0.05) is 59.7 Å². The molecule has 0 bridgehead atoms. The summed E-state index contributed by atoms with van der Waals surface area (Å²) < 4.78 is 51.1. The highest BCUT2D eigenvalue weighted by molar-refractivity contribution is 5.86. The maximum Gasteiger partial charge on any atom is 0.303 e. The lowest BCUT2D eigenvalue weighted by Gasteiger charge is -2.39. The number of rotatable bonds is 25. The molecule has 0 aliphatic heterocycles. The number of benzene rings is 3. The van der Waals surface area contributed by atoms with E-state index in [9.17, 15) is 24.0 Å². The van der Waals surface area contributed by atoms with Crippen LogP contribution in [0.3, 0.4) is 0 Å². The number of azide groups is 1. The van der Waals surface area contributed by atoms with Crippen LogP contribution in [0, 0.1) is 0 Å². The van der Waals surface area contributed by atoms with Gasteiger partial charge in [-0.25, -0.2) is 0 Å². The lowest BCUT2D eigenvalue weighted by atomic mass is 9.80. The highest BCUT2D eigenvalue weighted by Gasteiger charge is 2.48. The summed E-state index contributed by atoms with van der Waals surface area (Å²) in [6.45, 7) is 4.08. The van der Waals surface area contributed by atoms with Gasteiger partial charge in [0.15, 0.2) is 24.1 Å². The molecule has 0 aliphatic carbocycles. The van der Waals surface area contributed by atoms with E-state index in [1.165, 1.54) is 14.2 Å². The third-order valence-corrected chi connectivity index (χ3v) is 8.42. The Balaban J connectivity index is 2.12. The van der Waals surface area contributed by atoms with Gasteiger partial charge >= 0.3 is 23.9 Å². The summed E-state index contributed by atoms with van der Waals surface area (Å²) in [4.78, 5) is 67.1. The fourth-order valence-electron chi connectivity index (χ4n) is 6.01. The van der Waals surface area contributed by atoms with Crippen molar-refractivity contribution in [2.24, 2.45) is 5.11 Å². The molecule has 0 saturated carbocycles. The number of esters is 4. The predicted octanol–water partition coefficient (Wildman–Crippen LogP) is 5.04. The lowest BCUT2D eigenvalue weighted by molar-refractivity contribution is -0.205. The van der Waals surface area contributed by atoms with Crippen molar-refractivity contribution in [1.29, 1.82) is 0 Å². The topological polar surface area (TPSA) is 217 Å². The first-order valence-electron chi connectivity index (χ1n) is 18.2. The Morgan fingerprint density at radius 1 is 0.621 bits per heavy atom. The van der Waals surface area contributed by atoms with Crippen LogP contribution in [0.4, 0.5) is 0 Å². The SMILES string of the molecule is COc1ccc(C(OC[C@H](OC(C)=O)[C@H](OC(C)=O)[C@H](OC(C)=O)[C@@H](OC(C)=O)C(=O)CCOCCOCCN=[N+]=[N-])(c2ccccc2)c2ccc(OC)cc2)cc1. The minimum atomic E-state index is -1.85. The largest absolute Gasteiger partial charge is 0.497 e. The Morgan fingerprint density at radius 2 is 1.10 bits per heavy atom. The van der Waals surface area contributed by atoms with Crippen molar-refractivity contribution in [3.8, 4) is 11.5 Å². The van der Waals surface area contributed by atoms with E-state index in [0.717, 1.165) is 27.7 Å². The second-order valence-electron chi connectivity index (χ2n) is 12.5. The quantitative estimate of drug-likeness (QED) is 0.0208. The molecule has 0 radical (unpaired) electrons. The first-order valence-corrected chi connectivity index (χ1v) is 18.2. The molecule has 3 aromatic carbocycles. The maximum atomic E-state index is 13.8. The number of hydrogen-bond donors (Lipinski definition) is 0. The van der Waals surface area contributed by atoms with E-state index in [4.69, 9.17) is 48.2 Å². The Morgan fingerprint density at radius 3 is 1.59 bits per heavy atom. The third kappa shape index (κ3) is 13.9. The Kier molecular flexibility index (Phi) is 19.1. The van der Waals surface area contributed by atoms with E-state index in [1.807, 2.05) is 30.3 Å². The number of ketones is 1. The molecule has 0 aromatic heterocycles. The van der Waals surface area contributed by atoms with Crippen molar-refractivity contribution >= 4 is 29.7 Å². The van der Waals surface area contributed by atoms with Gasteiger partial charge in [-0.3, -0.25) is 24.0 Å². The number of carbonyl (C=O) groups is 5. The summed E-state index contributed by atoms with van der Waals surface area (Å²) in [6.07, 6.45) is -7.36. The molecule has 0 spiro atoms. The molecule has 17 heteroatoms. The average molecular weight is 808 g/mol. The van der Waals surface area contributed by atoms with Gasteiger partial charge in [0.05, 0.1) is 47.3 Å². The summed E-state index contributed by atoms with van der Waals surface area (Å²) in [5.41, 5.74) is 8.78. The van der Waals surface area contributed by atoms with Crippen molar-refractivity contribution < 1.29 is 66.6 Å². The van der Waals surface area contributed by atoms with Crippen LogP contribution in [0.2, 0.25) is 0 Å². The van der Waals surface area contributed by atoms with E-state index >= 15 is 0 Å². The first-order chi connectivity index (χ1) is 27.9. The Bertz CT molecular complexity index is 1790. The van der Waals surface area contributed by atoms with E-state index in [-0.39, 0.29) is 39.4 Å². The van der Waals surface area contributed by atoms with Gasteiger partial charge in [0.1, 0.15) is 17.1 Å². The molecule has 0 N–H and O–H groups in total. The van der Waals surface area contributed by atoms with Crippen LogP contribution in [0.5, 0.6) is 11.5 Å². The minimum Gasteiger partial charge on any atom is -0.497 e. The molecule has 3 aromatic rings. The zero-order chi connectivity index (χ0) is 42.5. The van der Waals surface area contributed by atoms with Gasteiger partial charge in [-0.15, -0.1) is 0 Å². The van der Waals surface area contributed by atoms with Crippen LogP contribution in [-0.2, 0) is 62.7 Å². The fourth-order valence-corrected chi connectivity index (χ4v) is 6.01. The average Bonchev–Trinajstić information content (AvgIpc) is 3.20. The van der Waals surface area contributed by atoms with Crippen LogP contribution < -0.4 is 9.47 Å². The molecule has 0 fully saturated rings. The van der Waals surface area contributed by atoms with Gasteiger partial charge in [0, 0.05) is 45.6 Å². The summed E-state index contributed by atoms with van der Waals surface area (Å²) >= 11 is 0. The highest BCUT2D eigenvalue weighted by Crippen LogP contribution is 2.42. The van der Waals surface area contributed by atoms with E-state index in [1.54, 1.807) is 48.5 Å². The third-order valence-electron chi connectivity index (χ3n) is 8.42. The minimum absolute atomic E-state index is 0.0721. The Labute approximate surface area is 336 Å². The molecule has 0 amide bonds. The van der Waals surface area contributed by atoms with E-state index in [0.29, 0.717) is 28.2 Å². The number of methoxy groups -OCH3 is 2. The van der Waals surface area contributed by atoms with Gasteiger partial charge < -0.3 is 42.6 Å². The number of ether oxygens (including phenoxy) is 9. The van der Waals surface area contributed by atoms with Crippen LogP contribution in [0.25, 0.3) is 10.4 Å². The monoisotopic (exact) mass is 807 g/mol. The summed E-state index contributed by atoms with van der Waals surface area (Å²) in [5, 5.41) is 3.36. The zero-order valence-electron chi connectivity index (χ0n) is 33.3. The van der Waals surface area contributed by atoms with Gasteiger partial charge in [0.2, 0.25) is 6.10 Å². The predicted molar refractivity (Wildman–Crippen MR) is 206 cm³/mol. The highest BCUT2D eigenvalue weighted by atomic mass is 16.6. The van der Waals surface area contributed by atoms with Crippen LogP contribution in [-0.4, -0.2) is 108 Å². The van der Waals surface area contributed by atoms with Gasteiger partial charge in [-0.05, 0) is 46.5 Å². The molecule has 0 saturated heterocycles. The second kappa shape index (κ2) is 23.9. The number of carbonyl (C=O) groups excluding carboxylic acids is 5. The van der Waals surface area contributed by atoms with Crippen molar-refractivity contribution in [1.82, 2.24) is 0 Å². The summed E-state index contributed by atoms with van der Waals surface area (Å²) in [7, 11) is 3.07. The normalized spacial score (nSPS) is 13.1. The van der Waals surface area contributed by atoms with E-state index < -0.39 is 66.3 Å². The zero-order valence-corrected chi connectivity index (χ0v) is 33.3. The molecule has 17 nitrogen and oxygen atoms in total. The number of nitrogens with zero attached hydrogens (tertiary/aromatic N) is 3. The number of hydrogen-bond acceptors (Lipinski definition) is 15. The van der Waals surface area contributed by atoms with Crippen LogP contribution in [0.1, 0.15) is 50.8 Å². The fraction of sp³-hybridized carbons (Fsp3) is 0.439. The van der Waals surface area contributed by atoms with Crippen molar-refractivity contribution in [2.45, 2.75) is 64.1 Å².